The van der Waals surface area contributed by atoms with Crippen LogP contribution in [0.4, 0.5) is 0 Å². The van der Waals surface area contributed by atoms with Crippen LogP contribution in [0.1, 0.15) is 12.2 Å². The number of likely N-dealkylation sites (N-methyl/N-ethyl adjacent to an activating group) is 1. The molecule has 1 amide bonds. The molecule has 3 rings (SSSR count). The van der Waals surface area contributed by atoms with Gasteiger partial charge < -0.3 is 14.8 Å². The van der Waals surface area contributed by atoms with Gasteiger partial charge in [-0.3, -0.25) is 4.79 Å². The predicted molar refractivity (Wildman–Crippen MR) is 87.1 cm³/mol. The number of piperazine rings is 1. The summed E-state index contributed by atoms with van der Waals surface area (Å²) in [5.41, 5.74) is 0. The van der Waals surface area contributed by atoms with E-state index in [9.17, 15) is 13.2 Å². The molecular formula is C13H22ClN5O3S. The highest BCUT2D eigenvalue weighted by atomic mass is 35.5. The van der Waals surface area contributed by atoms with Gasteiger partial charge in [0.15, 0.2) is 5.03 Å². The van der Waals surface area contributed by atoms with E-state index in [4.69, 9.17) is 0 Å². The Bertz CT molecular complexity index is 669. The maximum absolute atomic E-state index is 12.7. The molecule has 0 aromatic carbocycles. The molecule has 8 nitrogen and oxygen atoms in total. The number of nitrogens with one attached hydrogen (secondary N) is 1. The third kappa shape index (κ3) is 3.52. The number of imidazole rings is 1. The summed E-state index contributed by atoms with van der Waals surface area (Å²) >= 11 is 0. The van der Waals surface area contributed by atoms with Gasteiger partial charge in [-0.05, 0) is 6.42 Å². The largest absolute Gasteiger partial charge is 0.339 e. The summed E-state index contributed by atoms with van der Waals surface area (Å²) in [7, 11) is -2.24. The Kier molecular flexibility index (Phi) is 5.66. The van der Waals surface area contributed by atoms with E-state index in [2.05, 4.69) is 10.3 Å². The molecule has 10 heteroatoms. The van der Waals surface area contributed by atoms with Gasteiger partial charge in [-0.25, -0.2) is 13.4 Å². The van der Waals surface area contributed by atoms with Gasteiger partial charge in [0.1, 0.15) is 5.82 Å². The number of nitrogens with zero attached hydrogens (tertiary/aromatic N) is 4. The molecule has 0 atom stereocenters. The highest BCUT2D eigenvalue weighted by molar-refractivity contribution is 7.89. The molecule has 1 fully saturated rings. The predicted octanol–water partition coefficient (Wildman–Crippen LogP) is -0.697. The van der Waals surface area contributed by atoms with Crippen LogP contribution in [0.3, 0.4) is 0 Å². The minimum Gasteiger partial charge on any atom is -0.339 e. The first-order chi connectivity index (χ1) is 10.5. The molecule has 0 spiro atoms. The van der Waals surface area contributed by atoms with Gasteiger partial charge in [-0.2, -0.15) is 4.31 Å². The fourth-order valence-corrected chi connectivity index (χ4v) is 4.15. The molecule has 2 aliphatic rings. The van der Waals surface area contributed by atoms with Gasteiger partial charge >= 0.3 is 0 Å². The van der Waals surface area contributed by atoms with Gasteiger partial charge in [0.25, 0.3) is 10.0 Å². The van der Waals surface area contributed by atoms with Crippen molar-refractivity contribution in [2.24, 2.45) is 0 Å². The standard InChI is InChI=1S/C13H21N5O3S.ClH/c1-16(10-12(19)17-7-4-14-5-8-17)22(20,21)13-9-15-11-3-2-6-18(11)13;/h9,14H,2-8,10H2,1H3;1H. The second kappa shape index (κ2) is 7.16. The number of carbonyl (C=O) groups is 1. The van der Waals surface area contributed by atoms with Crippen molar-refractivity contribution in [2.75, 3.05) is 39.8 Å². The third-order valence-corrected chi connectivity index (χ3v) is 5.99. The molecule has 1 aromatic rings. The lowest BCUT2D eigenvalue weighted by Gasteiger charge is -2.29. The summed E-state index contributed by atoms with van der Waals surface area (Å²) in [4.78, 5) is 18.1. The fourth-order valence-electron chi connectivity index (χ4n) is 2.89. The van der Waals surface area contributed by atoms with Crippen LogP contribution < -0.4 is 5.32 Å². The van der Waals surface area contributed by atoms with Crippen molar-refractivity contribution >= 4 is 28.3 Å². The van der Waals surface area contributed by atoms with Gasteiger partial charge in [0.2, 0.25) is 5.91 Å². The maximum Gasteiger partial charge on any atom is 0.260 e. The van der Waals surface area contributed by atoms with Crippen molar-refractivity contribution in [3.8, 4) is 0 Å². The monoisotopic (exact) mass is 363 g/mol. The molecule has 1 aromatic heterocycles. The van der Waals surface area contributed by atoms with Crippen molar-refractivity contribution in [3.63, 3.8) is 0 Å². The molecule has 0 bridgehead atoms. The first kappa shape index (κ1) is 18.2. The van der Waals surface area contributed by atoms with Crippen LogP contribution in [0.15, 0.2) is 11.2 Å². The normalized spacial score (nSPS) is 17.9. The third-order valence-electron chi connectivity index (χ3n) is 4.19. The SMILES string of the molecule is CN(CC(=O)N1CCNCC1)S(=O)(=O)c1cnc2n1CCC2.Cl. The zero-order chi connectivity index (χ0) is 15.7. The summed E-state index contributed by atoms with van der Waals surface area (Å²) in [6, 6.07) is 0. The van der Waals surface area contributed by atoms with Gasteiger partial charge in [-0.1, -0.05) is 0 Å². The number of sulfonamides is 1. The van der Waals surface area contributed by atoms with E-state index in [1.54, 1.807) is 9.47 Å². The zero-order valence-electron chi connectivity index (χ0n) is 13.1. The summed E-state index contributed by atoms with van der Waals surface area (Å²) in [5, 5.41) is 3.36. The van der Waals surface area contributed by atoms with E-state index in [0.717, 1.165) is 36.1 Å². The number of fused-ring (bicyclic) bond motifs is 1. The van der Waals surface area contributed by atoms with Gasteiger partial charge in [0, 0.05) is 46.2 Å². The molecule has 0 radical (unpaired) electrons. The van der Waals surface area contributed by atoms with E-state index >= 15 is 0 Å². The summed E-state index contributed by atoms with van der Waals surface area (Å²) in [6.07, 6.45) is 3.11. The average Bonchev–Trinajstić information content (AvgIpc) is 3.10. The quantitative estimate of drug-likeness (QED) is 0.764. The fraction of sp³-hybridized carbons (Fsp3) is 0.692. The van der Waals surface area contributed by atoms with Crippen LogP contribution in [0, 0.1) is 0 Å². The summed E-state index contributed by atoms with van der Waals surface area (Å²) in [5.74, 6) is 0.647. The minimum absolute atomic E-state index is 0. The van der Waals surface area contributed by atoms with E-state index < -0.39 is 10.0 Å². The Hall–Kier alpha value is -1.16. The van der Waals surface area contributed by atoms with Crippen LogP contribution >= 0.6 is 12.4 Å². The molecule has 23 heavy (non-hydrogen) atoms. The summed E-state index contributed by atoms with van der Waals surface area (Å²) < 4.78 is 28.2. The highest BCUT2D eigenvalue weighted by Gasteiger charge is 2.30. The number of halogens is 1. The van der Waals surface area contributed by atoms with Crippen LogP contribution in [0.5, 0.6) is 0 Å². The molecule has 130 valence electrons. The van der Waals surface area contributed by atoms with Crippen molar-refractivity contribution in [1.82, 2.24) is 24.1 Å². The van der Waals surface area contributed by atoms with Crippen LogP contribution in [-0.2, 0) is 27.8 Å². The number of carbonyl (C=O) groups excluding carboxylic acids is 1. The number of hydrogen-bond donors (Lipinski definition) is 1. The summed E-state index contributed by atoms with van der Waals surface area (Å²) in [6.45, 7) is 3.27. The van der Waals surface area contributed by atoms with Crippen molar-refractivity contribution < 1.29 is 13.2 Å². The second-order valence-corrected chi connectivity index (χ2v) is 7.65. The van der Waals surface area contributed by atoms with Crippen LogP contribution in [0.25, 0.3) is 0 Å². The molecule has 3 heterocycles. The molecule has 2 aliphatic heterocycles. The highest BCUT2D eigenvalue weighted by Crippen LogP contribution is 2.22. The van der Waals surface area contributed by atoms with Crippen molar-refractivity contribution in [2.45, 2.75) is 24.4 Å². The lowest BCUT2D eigenvalue weighted by molar-refractivity contribution is -0.131. The lowest BCUT2D eigenvalue weighted by atomic mass is 10.3. The average molecular weight is 364 g/mol. The van der Waals surface area contributed by atoms with Gasteiger partial charge in [-0.15, -0.1) is 12.4 Å². The number of aryl methyl sites for hydroxylation is 1. The van der Waals surface area contributed by atoms with E-state index in [-0.39, 0.29) is 29.9 Å². The van der Waals surface area contributed by atoms with Crippen LogP contribution in [0.2, 0.25) is 0 Å². The molecule has 0 saturated carbocycles. The first-order valence-electron chi connectivity index (χ1n) is 7.49. The maximum atomic E-state index is 12.7. The topological polar surface area (TPSA) is 87.5 Å². The molecule has 0 unspecified atom stereocenters. The molecule has 0 aliphatic carbocycles. The Morgan fingerprint density at radius 3 is 2.74 bits per heavy atom. The van der Waals surface area contributed by atoms with E-state index in [1.807, 2.05) is 0 Å². The first-order valence-corrected chi connectivity index (χ1v) is 8.93. The van der Waals surface area contributed by atoms with Crippen molar-refractivity contribution in [1.29, 1.82) is 0 Å². The zero-order valence-corrected chi connectivity index (χ0v) is 14.7. The molecule has 1 saturated heterocycles. The van der Waals surface area contributed by atoms with Crippen molar-refractivity contribution in [3.05, 3.63) is 12.0 Å². The van der Waals surface area contributed by atoms with Gasteiger partial charge in [0.05, 0.1) is 12.7 Å². The Morgan fingerprint density at radius 2 is 2.04 bits per heavy atom. The number of aromatic nitrogens is 2. The Balaban J connectivity index is 0.00000192. The molecular weight excluding hydrogens is 342 g/mol. The van der Waals surface area contributed by atoms with E-state index in [1.165, 1.54) is 13.2 Å². The Labute approximate surface area is 142 Å². The van der Waals surface area contributed by atoms with Crippen LogP contribution in [-0.4, -0.2) is 72.9 Å². The molecule has 1 N–H and O–H groups in total. The second-order valence-electron chi connectivity index (χ2n) is 5.66. The number of rotatable bonds is 4. The lowest BCUT2D eigenvalue weighted by Crippen LogP contribution is -2.49. The smallest absolute Gasteiger partial charge is 0.260 e. The van der Waals surface area contributed by atoms with E-state index in [0.29, 0.717) is 19.6 Å². The minimum atomic E-state index is -3.68. The number of amides is 1. The Morgan fingerprint density at radius 1 is 1.35 bits per heavy atom. The number of hydrogen-bond acceptors (Lipinski definition) is 5.